The lowest BCUT2D eigenvalue weighted by Gasteiger charge is -2.45. The van der Waals surface area contributed by atoms with E-state index in [0.29, 0.717) is 24.9 Å². The Morgan fingerprint density at radius 3 is 2.50 bits per heavy atom. The van der Waals surface area contributed by atoms with Gasteiger partial charge in [0.1, 0.15) is 17.7 Å². The van der Waals surface area contributed by atoms with Crippen LogP contribution in [-0.2, 0) is 21.4 Å². The van der Waals surface area contributed by atoms with Crippen LogP contribution in [0.4, 0.5) is 8.78 Å². The molecule has 8 heteroatoms. The largest absolute Gasteiger partial charge is 0.337 e. The Hall–Kier alpha value is -2.32. The van der Waals surface area contributed by atoms with E-state index in [0.717, 1.165) is 12.1 Å². The highest BCUT2D eigenvalue weighted by Gasteiger charge is 2.46. The summed E-state index contributed by atoms with van der Waals surface area (Å²) >= 11 is 0. The van der Waals surface area contributed by atoms with E-state index in [4.69, 9.17) is 0 Å². The van der Waals surface area contributed by atoms with Crippen molar-refractivity contribution in [1.82, 2.24) is 9.21 Å². The second-order valence-corrected chi connectivity index (χ2v) is 9.22. The fourth-order valence-electron chi connectivity index (χ4n) is 4.05. The van der Waals surface area contributed by atoms with Crippen LogP contribution < -0.4 is 0 Å². The summed E-state index contributed by atoms with van der Waals surface area (Å²) in [6.07, 6.45) is 1.11. The summed E-state index contributed by atoms with van der Waals surface area (Å²) in [5, 5.41) is 0. The normalized spacial score (nSPS) is 23.1. The molecule has 0 aromatic heterocycles. The summed E-state index contributed by atoms with van der Waals surface area (Å²) in [7, 11) is -3.91. The molecule has 2 aromatic carbocycles. The van der Waals surface area contributed by atoms with Crippen LogP contribution in [0.2, 0.25) is 0 Å². The maximum atomic E-state index is 13.5. The van der Waals surface area contributed by atoms with Gasteiger partial charge in [-0.25, -0.2) is 17.2 Å². The SMILES string of the molecule is O=C1[C@H]2C[C@H](CCN2S(=O)(=O)c2ccc(F)cc2)CN1Cc1cccc(F)c1. The molecular formula is C20H20F2N2O3S. The molecule has 2 saturated heterocycles. The monoisotopic (exact) mass is 406 g/mol. The minimum Gasteiger partial charge on any atom is -0.337 e. The van der Waals surface area contributed by atoms with E-state index in [2.05, 4.69) is 0 Å². The van der Waals surface area contributed by atoms with Crippen LogP contribution in [0.15, 0.2) is 53.4 Å². The van der Waals surface area contributed by atoms with Crippen molar-refractivity contribution in [3.63, 3.8) is 0 Å². The van der Waals surface area contributed by atoms with Crippen molar-refractivity contribution in [3.05, 3.63) is 65.7 Å². The molecule has 28 heavy (non-hydrogen) atoms. The van der Waals surface area contributed by atoms with Crippen molar-refractivity contribution in [2.24, 2.45) is 5.92 Å². The first-order valence-electron chi connectivity index (χ1n) is 9.15. The number of rotatable bonds is 4. The molecule has 148 valence electrons. The first-order chi connectivity index (χ1) is 13.3. The zero-order valence-corrected chi connectivity index (χ0v) is 15.9. The minimum absolute atomic E-state index is 0.0256. The molecule has 0 saturated carbocycles. The predicted molar refractivity (Wildman–Crippen MR) is 98.6 cm³/mol. The van der Waals surface area contributed by atoms with Gasteiger partial charge >= 0.3 is 0 Å². The third-order valence-corrected chi connectivity index (χ3v) is 7.34. The predicted octanol–water partition coefficient (Wildman–Crippen LogP) is 2.78. The van der Waals surface area contributed by atoms with Crippen LogP contribution in [-0.4, -0.2) is 42.7 Å². The zero-order valence-electron chi connectivity index (χ0n) is 15.1. The van der Waals surface area contributed by atoms with Gasteiger partial charge in [0.05, 0.1) is 4.90 Å². The number of carbonyl (C=O) groups excluding carboxylic acids is 1. The summed E-state index contributed by atoms with van der Waals surface area (Å²) in [6.45, 7) is 1.04. The molecule has 0 unspecified atom stereocenters. The maximum absolute atomic E-state index is 13.5. The summed E-state index contributed by atoms with van der Waals surface area (Å²) in [4.78, 5) is 14.6. The van der Waals surface area contributed by atoms with Gasteiger partial charge in [0.25, 0.3) is 0 Å². The van der Waals surface area contributed by atoms with E-state index in [9.17, 15) is 22.0 Å². The number of benzene rings is 2. The highest BCUT2D eigenvalue weighted by atomic mass is 32.2. The van der Waals surface area contributed by atoms with Crippen LogP contribution in [0.1, 0.15) is 18.4 Å². The molecule has 2 aliphatic rings. The van der Waals surface area contributed by atoms with Crippen LogP contribution >= 0.6 is 0 Å². The van der Waals surface area contributed by atoms with Crippen LogP contribution in [0.25, 0.3) is 0 Å². The highest BCUT2D eigenvalue weighted by molar-refractivity contribution is 7.89. The number of nitrogens with zero attached hydrogens (tertiary/aromatic N) is 2. The highest BCUT2D eigenvalue weighted by Crippen LogP contribution is 2.34. The van der Waals surface area contributed by atoms with Gasteiger partial charge in [0.2, 0.25) is 15.9 Å². The Morgan fingerprint density at radius 2 is 1.79 bits per heavy atom. The number of carbonyl (C=O) groups is 1. The van der Waals surface area contributed by atoms with Gasteiger partial charge in [0.15, 0.2) is 0 Å². The van der Waals surface area contributed by atoms with Gasteiger partial charge in [0, 0.05) is 19.6 Å². The standard InChI is InChI=1S/C20H20F2N2O3S/c21-16-4-6-18(7-5-16)28(26,27)24-9-8-15-11-19(24)20(25)23(13-15)12-14-2-1-3-17(22)10-14/h1-7,10,15,19H,8-9,11-13H2/t15-,19+/m0/s1. The average Bonchev–Trinajstić information content (AvgIpc) is 2.66. The number of sulfonamides is 1. The third kappa shape index (κ3) is 3.54. The van der Waals surface area contributed by atoms with Crippen molar-refractivity contribution < 1.29 is 22.0 Å². The van der Waals surface area contributed by atoms with Crippen molar-refractivity contribution in [3.8, 4) is 0 Å². The molecule has 2 bridgehead atoms. The molecule has 2 aromatic rings. The number of hydrogen-bond donors (Lipinski definition) is 0. The number of amides is 1. The smallest absolute Gasteiger partial charge is 0.243 e. The van der Waals surface area contributed by atoms with Gasteiger partial charge in [-0.3, -0.25) is 4.79 Å². The lowest BCUT2D eigenvalue weighted by Crippen LogP contribution is -2.59. The molecule has 0 radical (unpaired) electrons. The molecular weight excluding hydrogens is 386 g/mol. The second-order valence-electron chi connectivity index (χ2n) is 7.32. The topological polar surface area (TPSA) is 57.7 Å². The summed E-state index contributed by atoms with van der Waals surface area (Å²) in [5.74, 6) is -0.961. The van der Waals surface area contributed by atoms with Gasteiger partial charge in [-0.15, -0.1) is 0 Å². The van der Waals surface area contributed by atoms with Gasteiger partial charge in [-0.1, -0.05) is 12.1 Å². The minimum atomic E-state index is -3.91. The van der Waals surface area contributed by atoms with Crippen LogP contribution in [0, 0.1) is 17.6 Å². The van der Waals surface area contributed by atoms with Crippen molar-refractivity contribution in [1.29, 1.82) is 0 Å². The zero-order chi connectivity index (χ0) is 19.9. The van der Waals surface area contributed by atoms with E-state index < -0.39 is 21.9 Å². The molecule has 2 fully saturated rings. The van der Waals surface area contributed by atoms with Crippen LogP contribution in [0.5, 0.6) is 0 Å². The Morgan fingerprint density at radius 1 is 1.04 bits per heavy atom. The first kappa shape index (κ1) is 19.0. The molecule has 2 atom stereocenters. The van der Waals surface area contributed by atoms with Crippen molar-refractivity contribution >= 4 is 15.9 Å². The fraction of sp³-hybridized carbons (Fsp3) is 0.350. The molecule has 0 aliphatic carbocycles. The lowest BCUT2D eigenvalue weighted by atomic mass is 9.87. The van der Waals surface area contributed by atoms with E-state index in [1.807, 2.05) is 0 Å². The molecule has 2 heterocycles. The molecule has 5 nitrogen and oxygen atoms in total. The quantitative estimate of drug-likeness (QED) is 0.785. The van der Waals surface area contributed by atoms with E-state index in [1.54, 1.807) is 17.0 Å². The second kappa shape index (κ2) is 7.25. The van der Waals surface area contributed by atoms with Gasteiger partial charge < -0.3 is 4.90 Å². The average molecular weight is 406 g/mol. The number of fused-ring (bicyclic) bond motifs is 2. The summed E-state index contributed by atoms with van der Waals surface area (Å²) in [5.41, 5.74) is 0.668. The van der Waals surface area contributed by atoms with Crippen LogP contribution in [0.3, 0.4) is 0 Å². The number of likely N-dealkylation sites (tertiary alicyclic amines) is 1. The fourth-order valence-corrected chi connectivity index (χ4v) is 5.65. The number of halogens is 2. The Labute approximate surface area is 162 Å². The molecule has 4 rings (SSSR count). The molecule has 2 aliphatic heterocycles. The molecule has 0 spiro atoms. The molecule has 0 N–H and O–H groups in total. The van der Waals surface area contributed by atoms with E-state index in [1.165, 1.54) is 28.6 Å². The first-order valence-corrected chi connectivity index (χ1v) is 10.6. The summed E-state index contributed by atoms with van der Waals surface area (Å²) in [6, 6.07) is 9.90. The molecule has 1 amide bonds. The Balaban J connectivity index is 1.59. The van der Waals surface area contributed by atoms with Gasteiger partial charge in [-0.2, -0.15) is 4.31 Å². The van der Waals surface area contributed by atoms with E-state index >= 15 is 0 Å². The third-order valence-electron chi connectivity index (χ3n) is 5.42. The van der Waals surface area contributed by atoms with E-state index in [-0.39, 0.29) is 35.6 Å². The number of piperidine rings is 2. The van der Waals surface area contributed by atoms with Gasteiger partial charge in [-0.05, 0) is 60.7 Å². The Bertz CT molecular complexity index is 995. The Kier molecular flexibility index (Phi) is 4.93. The lowest BCUT2D eigenvalue weighted by molar-refractivity contribution is -0.143. The van der Waals surface area contributed by atoms with Crippen molar-refractivity contribution in [2.45, 2.75) is 30.3 Å². The summed E-state index contributed by atoms with van der Waals surface area (Å²) < 4.78 is 53.9. The maximum Gasteiger partial charge on any atom is 0.243 e. The van der Waals surface area contributed by atoms with Crippen molar-refractivity contribution in [2.75, 3.05) is 13.1 Å². The number of hydrogen-bond acceptors (Lipinski definition) is 3.